The number of nitrogens with zero attached hydrogens (tertiary/aromatic N) is 2. The van der Waals surface area contributed by atoms with Crippen molar-refractivity contribution in [3.8, 4) is 23.0 Å². The van der Waals surface area contributed by atoms with E-state index in [1.807, 2.05) is 0 Å². The molecule has 8 nitrogen and oxygen atoms in total. The first-order valence-electron chi connectivity index (χ1n) is 8.57. The minimum atomic E-state index is -3.90. The Labute approximate surface area is 167 Å². The molecule has 0 fully saturated rings. The molecule has 2 aromatic carbocycles. The normalized spacial score (nSPS) is 11.4. The number of hydrogen-bond acceptors (Lipinski definition) is 7. The largest absolute Gasteiger partial charge is 0.493 e. The van der Waals surface area contributed by atoms with E-state index in [1.165, 1.54) is 32.4 Å². The number of oxazole rings is 1. The number of methoxy groups -OCH3 is 2. The van der Waals surface area contributed by atoms with Crippen molar-refractivity contribution in [1.82, 2.24) is 9.97 Å². The number of pyridine rings is 1. The molecule has 0 bridgehead atoms. The summed E-state index contributed by atoms with van der Waals surface area (Å²) in [5.41, 5.74) is 1.78. The lowest BCUT2D eigenvalue weighted by molar-refractivity contribution is 0.354. The van der Waals surface area contributed by atoms with Gasteiger partial charge in [-0.15, -0.1) is 0 Å². The van der Waals surface area contributed by atoms with E-state index >= 15 is 0 Å². The van der Waals surface area contributed by atoms with Crippen LogP contribution in [0.5, 0.6) is 11.5 Å². The van der Waals surface area contributed by atoms with E-state index in [1.54, 1.807) is 42.6 Å². The molecule has 0 radical (unpaired) electrons. The summed E-state index contributed by atoms with van der Waals surface area (Å²) in [6, 6.07) is 14.7. The number of hydrogen-bond donors (Lipinski definition) is 1. The van der Waals surface area contributed by atoms with Crippen molar-refractivity contribution in [2.45, 2.75) is 4.90 Å². The number of rotatable bonds is 6. The first-order valence-corrected chi connectivity index (χ1v) is 10.1. The molecule has 2 heterocycles. The van der Waals surface area contributed by atoms with Gasteiger partial charge in [0.25, 0.3) is 10.0 Å². The summed E-state index contributed by atoms with van der Waals surface area (Å²) >= 11 is 0. The Morgan fingerprint density at radius 1 is 0.966 bits per heavy atom. The van der Waals surface area contributed by atoms with Gasteiger partial charge in [0.15, 0.2) is 22.7 Å². The molecule has 4 aromatic rings. The number of para-hydroxylation sites is 1. The monoisotopic (exact) mass is 411 g/mol. The van der Waals surface area contributed by atoms with E-state index in [4.69, 9.17) is 13.9 Å². The standard InChI is InChI=1S/C20H17N3O5S/c1-26-16-10-9-13(12-18(16)27-2)29(24,25)23-15-7-4-3-6-14(15)20-22-19-17(28-20)8-5-11-21-19/h3-12,23H,1-2H3. The van der Waals surface area contributed by atoms with E-state index < -0.39 is 10.0 Å². The summed E-state index contributed by atoms with van der Waals surface area (Å²) in [5.74, 6) is 1.02. The van der Waals surface area contributed by atoms with Crippen LogP contribution in [0.1, 0.15) is 0 Å². The van der Waals surface area contributed by atoms with Crippen LogP contribution in [-0.4, -0.2) is 32.6 Å². The third-order valence-electron chi connectivity index (χ3n) is 4.23. The van der Waals surface area contributed by atoms with Crippen LogP contribution in [-0.2, 0) is 10.0 Å². The third kappa shape index (κ3) is 3.59. The molecule has 0 spiro atoms. The lowest BCUT2D eigenvalue weighted by Crippen LogP contribution is -2.14. The molecule has 2 aromatic heterocycles. The van der Waals surface area contributed by atoms with E-state index in [9.17, 15) is 8.42 Å². The summed E-state index contributed by atoms with van der Waals surface area (Å²) in [6.45, 7) is 0. The highest BCUT2D eigenvalue weighted by atomic mass is 32.2. The van der Waals surface area contributed by atoms with Crippen molar-refractivity contribution in [1.29, 1.82) is 0 Å². The van der Waals surface area contributed by atoms with Crippen LogP contribution < -0.4 is 14.2 Å². The summed E-state index contributed by atoms with van der Waals surface area (Å²) in [6.07, 6.45) is 1.61. The van der Waals surface area contributed by atoms with Gasteiger partial charge >= 0.3 is 0 Å². The molecule has 148 valence electrons. The van der Waals surface area contributed by atoms with Crippen molar-refractivity contribution in [2.24, 2.45) is 0 Å². The Morgan fingerprint density at radius 2 is 1.76 bits per heavy atom. The van der Waals surface area contributed by atoms with Crippen molar-refractivity contribution >= 4 is 26.9 Å². The van der Waals surface area contributed by atoms with Crippen molar-refractivity contribution in [3.63, 3.8) is 0 Å². The fourth-order valence-corrected chi connectivity index (χ4v) is 3.92. The van der Waals surface area contributed by atoms with Crippen LogP contribution in [0.3, 0.4) is 0 Å². The van der Waals surface area contributed by atoms with Gasteiger partial charge in [0, 0.05) is 12.3 Å². The first-order chi connectivity index (χ1) is 14.0. The Hall–Kier alpha value is -3.59. The fourth-order valence-electron chi connectivity index (χ4n) is 2.83. The van der Waals surface area contributed by atoms with Crippen LogP contribution in [0.25, 0.3) is 22.7 Å². The number of aromatic nitrogens is 2. The SMILES string of the molecule is COc1ccc(S(=O)(=O)Nc2ccccc2-c2nc3ncccc3o2)cc1OC. The molecule has 0 saturated heterocycles. The highest BCUT2D eigenvalue weighted by molar-refractivity contribution is 7.92. The van der Waals surface area contributed by atoms with Crippen molar-refractivity contribution < 1.29 is 22.3 Å². The predicted octanol–water partition coefficient (Wildman–Crippen LogP) is 3.71. The molecule has 0 aliphatic heterocycles. The summed E-state index contributed by atoms with van der Waals surface area (Å²) in [5, 5.41) is 0. The zero-order valence-electron chi connectivity index (χ0n) is 15.6. The van der Waals surface area contributed by atoms with Gasteiger partial charge in [0.05, 0.1) is 30.4 Å². The molecule has 0 unspecified atom stereocenters. The first kappa shape index (κ1) is 18.8. The zero-order valence-corrected chi connectivity index (χ0v) is 16.4. The molecule has 4 rings (SSSR count). The average molecular weight is 411 g/mol. The Kier molecular flexibility index (Phi) is 4.81. The smallest absolute Gasteiger partial charge is 0.262 e. The van der Waals surface area contributed by atoms with Crippen LogP contribution in [0, 0.1) is 0 Å². The van der Waals surface area contributed by atoms with Crippen LogP contribution in [0.4, 0.5) is 5.69 Å². The molecule has 29 heavy (non-hydrogen) atoms. The second-order valence-electron chi connectivity index (χ2n) is 6.01. The van der Waals surface area contributed by atoms with Gasteiger partial charge in [-0.25, -0.2) is 13.4 Å². The maximum absolute atomic E-state index is 13.0. The van der Waals surface area contributed by atoms with Gasteiger partial charge in [-0.2, -0.15) is 4.98 Å². The van der Waals surface area contributed by atoms with Crippen LogP contribution >= 0.6 is 0 Å². The summed E-state index contributed by atoms with van der Waals surface area (Å²) in [7, 11) is -0.978. The van der Waals surface area contributed by atoms with Crippen molar-refractivity contribution in [2.75, 3.05) is 18.9 Å². The Balaban J connectivity index is 1.73. The maximum atomic E-state index is 13.0. The molecule has 0 saturated carbocycles. The molecule has 1 N–H and O–H groups in total. The number of sulfonamides is 1. The Bertz CT molecular complexity index is 1250. The van der Waals surface area contributed by atoms with E-state index in [-0.39, 0.29) is 10.8 Å². The quantitative estimate of drug-likeness (QED) is 0.516. The Morgan fingerprint density at radius 3 is 2.52 bits per heavy atom. The average Bonchev–Trinajstić information content (AvgIpc) is 3.17. The number of nitrogens with one attached hydrogen (secondary N) is 1. The minimum Gasteiger partial charge on any atom is -0.493 e. The van der Waals surface area contributed by atoms with Gasteiger partial charge in [0.1, 0.15) is 0 Å². The second kappa shape index (κ2) is 7.44. The fraction of sp³-hybridized carbons (Fsp3) is 0.100. The molecular weight excluding hydrogens is 394 g/mol. The van der Waals surface area contributed by atoms with Gasteiger partial charge < -0.3 is 13.9 Å². The lowest BCUT2D eigenvalue weighted by atomic mass is 10.2. The predicted molar refractivity (Wildman–Crippen MR) is 108 cm³/mol. The molecule has 9 heteroatoms. The molecular formula is C20H17N3O5S. The topological polar surface area (TPSA) is 104 Å². The lowest BCUT2D eigenvalue weighted by Gasteiger charge is -2.13. The highest BCUT2D eigenvalue weighted by Crippen LogP contribution is 2.33. The van der Waals surface area contributed by atoms with E-state index in [2.05, 4.69) is 14.7 Å². The van der Waals surface area contributed by atoms with E-state index in [0.717, 1.165) is 0 Å². The maximum Gasteiger partial charge on any atom is 0.262 e. The number of anilines is 1. The minimum absolute atomic E-state index is 0.0317. The summed E-state index contributed by atoms with van der Waals surface area (Å²) in [4.78, 5) is 8.52. The van der Waals surface area contributed by atoms with Crippen molar-refractivity contribution in [3.05, 3.63) is 60.8 Å². The molecule has 0 aliphatic rings. The molecule has 0 atom stereocenters. The van der Waals surface area contributed by atoms with E-state index in [0.29, 0.717) is 34.0 Å². The number of benzene rings is 2. The molecule has 0 amide bonds. The third-order valence-corrected chi connectivity index (χ3v) is 5.60. The zero-order chi connectivity index (χ0) is 20.4. The number of fused-ring (bicyclic) bond motifs is 1. The highest BCUT2D eigenvalue weighted by Gasteiger charge is 2.20. The van der Waals surface area contributed by atoms with Gasteiger partial charge in [0.2, 0.25) is 5.89 Å². The molecule has 0 aliphatic carbocycles. The second-order valence-corrected chi connectivity index (χ2v) is 7.69. The van der Waals surface area contributed by atoms with Crippen LogP contribution in [0.15, 0.2) is 70.1 Å². The van der Waals surface area contributed by atoms with Gasteiger partial charge in [-0.1, -0.05) is 12.1 Å². The number of ether oxygens (including phenoxy) is 2. The van der Waals surface area contributed by atoms with Crippen LogP contribution in [0.2, 0.25) is 0 Å². The van der Waals surface area contributed by atoms with Gasteiger partial charge in [-0.05, 0) is 36.4 Å². The summed E-state index contributed by atoms with van der Waals surface area (Å²) < 4.78 is 44.6. The van der Waals surface area contributed by atoms with Gasteiger partial charge in [-0.3, -0.25) is 4.72 Å².